The maximum absolute atomic E-state index is 11.7. The van der Waals surface area contributed by atoms with Crippen LogP contribution in [0.2, 0.25) is 0 Å². The molecule has 0 aliphatic heterocycles. The second kappa shape index (κ2) is 7.33. The number of hydrogen-bond donors (Lipinski definition) is 2. The first kappa shape index (κ1) is 17.1. The van der Waals surface area contributed by atoms with Gasteiger partial charge < -0.3 is 14.5 Å². The minimum atomic E-state index is -0.503. The van der Waals surface area contributed by atoms with E-state index in [1.165, 1.54) is 0 Å². The zero-order valence-corrected chi connectivity index (χ0v) is 14.1. The molecule has 2 aromatic rings. The number of ether oxygens (including phenoxy) is 1. The molecule has 23 heavy (non-hydrogen) atoms. The minimum absolute atomic E-state index is 0.216. The number of rotatable bonds is 5. The van der Waals surface area contributed by atoms with Gasteiger partial charge in [-0.05, 0) is 51.5 Å². The van der Waals surface area contributed by atoms with E-state index in [2.05, 4.69) is 17.6 Å². The van der Waals surface area contributed by atoms with Crippen LogP contribution in [-0.4, -0.2) is 11.7 Å². The number of nitrogens with one attached hydrogen (secondary N) is 2. The summed E-state index contributed by atoms with van der Waals surface area (Å²) in [6, 6.07) is 9.84. The zero-order chi connectivity index (χ0) is 16.9. The second-order valence-corrected chi connectivity index (χ2v) is 6.48. The third-order valence-corrected chi connectivity index (χ3v) is 3.25. The van der Waals surface area contributed by atoms with Crippen LogP contribution in [0, 0.1) is 0 Å². The van der Waals surface area contributed by atoms with Gasteiger partial charge in [0.1, 0.15) is 5.60 Å². The van der Waals surface area contributed by atoms with Gasteiger partial charge in [0.15, 0.2) is 0 Å². The number of anilines is 1. The predicted molar refractivity (Wildman–Crippen MR) is 90.3 cm³/mol. The summed E-state index contributed by atoms with van der Waals surface area (Å²) < 4.78 is 10.3. The molecule has 2 rings (SSSR count). The highest BCUT2D eigenvalue weighted by atomic mass is 16.6. The Hall–Kier alpha value is -2.27. The van der Waals surface area contributed by atoms with Crippen LogP contribution in [0.25, 0.3) is 0 Å². The number of amides is 1. The summed E-state index contributed by atoms with van der Waals surface area (Å²) in [6.45, 7) is 8.33. The molecule has 0 spiro atoms. The lowest BCUT2D eigenvalue weighted by Gasteiger charge is -2.19. The van der Waals surface area contributed by atoms with Crippen LogP contribution in [0.15, 0.2) is 47.3 Å². The van der Waals surface area contributed by atoms with E-state index < -0.39 is 11.7 Å². The molecule has 0 saturated heterocycles. The first-order valence-corrected chi connectivity index (χ1v) is 7.68. The van der Waals surface area contributed by atoms with Crippen molar-refractivity contribution in [1.29, 1.82) is 0 Å². The van der Waals surface area contributed by atoms with Crippen LogP contribution in [-0.2, 0) is 11.3 Å². The molecule has 0 aliphatic carbocycles. The molecule has 0 saturated carbocycles. The van der Waals surface area contributed by atoms with Gasteiger partial charge in [-0.1, -0.05) is 12.1 Å². The fourth-order valence-electron chi connectivity index (χ4n) is 2.04. The van der Waals surface area contributed by atoms with Gasteiger partial charge >= 0.3 is 6.09 Å². The SMILES string of the molecule is CC(NCc1ccc(NC(=O)OC(C)(C)C)cc1)c1ccoc1. The fraction of sp³-hybridized carbons (Fsp3) is 0.389. The molecule has 1 aromatic carbocycles. The molecule has 0 radical (unpaired) electrons. The Kier molecular flexibility index (Phi) is 5.45. The largest absolute Gasteiger partial charge is 0.472 e. The molecule has 2 N–H and O–H groups in total. The molecular formula is C18H24N2O3. The molecule has 0 fully saturated rings. The van der Waals surface area contributed by atoms with Gasteiger partial charge in [-0.15, -0.1) is 0 Å². The van der Waals surface area contributed by atoms with E-state index in [0.717, 1.165) is 17.7 Å². The standard InChI is InChI=1S/C18H24N2O3/c1-13(15-9-10-22-12-15)19-11-14-5-7-16(8-6-14)20-17(21)23-18(2,3)4/h5-10,12-13,19H,11H2,1-4H3,(H,20,21). The highest BCUT2D eigenvalue weighted by Crippen LogP contribution is 2.15. The summed E-state index contributed by atoms with van der Waals surface area (Å²) in [5.41, 5.74) is 2.46. The molecule has 5 heteroatoms. The van der Waals surface area contributed by atoms with Crippen molar-refractivity contribution in [2.75, 3.05) is 5.32 Å². The molecule has 0 aliphatic rings. The van der Waals surface area contributed by atoms with Gasteiger partial charge in [-0.3, -0.25) is 5.32 Å². The molecule has 1 aromatic heterocycles. The second-order valence-electron chi connectivity index (χ2n) is 6.48. The number of furan rings is 1. The topological polar surface area (TPSA) is 63.5 Å². The van der Waals surface area contributed by atoms with Crippen molar-refractivity contribution in [3.05, 3.63) is 54.0 Å². The summed E-state index contributed by atoms with van der Waals surface area (Å²) in [6.07, 6.45) is 2.97. The van der Waals surface area contributed by atoms with Crippen LogP contribution in [0.5, 0.6) is 0 Å². The lowest BCUT2D eigenvalue weighted by Crippen LogP contribution is -2.27. The molecule has 1 unspecified atom stereocenters. The maximum Gasteiger partial charge on any atom is 0.412 e. The Labute approximate surface area is 137 Å². The Bertz CT molecular complexity index is 613. The van der Waals surface area contributed by atoms with E-state index in [9.17, 15) is 4.79 Å². The van der Waals surface area contributed by atoms with Crippen molar-refractivity contribution in [1.82, 2.24) is 5.32 Å². The van der Waals surface area contributed by atoms with Crippen LogP contribution in [0.4, 0.5) is 10.5 Å². The van der Waals surface area contributed by atoms with Crippen molar-refractivity contribution in [2.24, 2.45) is 0 Å². The van der Waals surface area contributed by atoms with Crippen molar-refractivity contribution in [2.45, 2.75) is 45.9 Å². The highest BCUT2D eigenvalue weighted by molar-refractivity contribution is 5.84. The van der Waals surface area contributed by atoms with Crippen molar-refractivity contribution in [3.63, 3.8) is 0 Å². The molecule has 124 valence electrons. The Balaban J connectivity index is 1.83. The first-order valence-electron chi connectivity index (χ1n) is 7.68. The molecule has 1 atom stereocenters. The van der Waals surface area contributed by atoms with Crippen LogP contribution in [0.1, 0.15) is 44.9 Å². The molecule has 5 nitrogen and oxygen atoms in total. The Morgan fingerprint density at radius 3 is 2.48 bits per heavy atom. The third kappa shape index (κ3) is 5.79. The first-order chi connectivity index (χ1) is 10.8. The van der Waals surface area contributed by atoms with E-state index >= 15 is 0 Å². The smallest absolute Gasteiger partial charge is 0.412 e. The van der Waals surface area contributed by atoms with Gasteiger partial charge in [0, 0.05) is 23.8 Å². The van der Waals surface area contributed by atoms with Gasteiger partial charge in [0.05, 0.1) is 12.5 Å². The summed E-state index contributed by atoms with van der Waals surface area (Å²) in [5.74, 6) is 0. The molecule has 1 amide bonds. The monoisotopic (exact) mass is 316 g/mol. The van der Waals surface area contributed by atoms with Crippen LogP contribution < -0.4 is 10.6 Å². The van der Waals surface area contributed by atoms with Crippen LogP contribution >= 0.6 is 0 Å². The third-order valence-electron chi connectivity index (χ3n) is 3.25. The van der Waals surface area contributed by atoms with Gasteiger partial charge in [0.2, 0.25) is 0 Å². The number of carbonyl (C=O) groups excluding carboxylic acids is 1. The maximum atomic E-state index is 11.7. The van der Waals surface area contributed by atoms with E-state index in [1.807, 2.05) is 51.1 Å². The van der Waals surface area contributed by atoms with Gasteiger partial charge in [0.25, 0.3) is 0 Å². The summed E-state index contributed by atoms with van der Waals surface area (Å²) in [4.78, 5) is 11.7. The molecule has 0 bridgehead atoms. The Morgan fingerprint density at radius 2 is 1.91 bits per heavy atom. The van der Waals surface area contributed by atoms with Crippen LogP contribution in [0.3, 0.4) is 0 Å². The molecular weight excluding hydrogens is 292 g/mol. The fourth-order valence-corrected chi connectivity index (χ4v) is 2.04. The average Bonchev–Trinajstić information content (AvgIpc) is 2.98. The highest BCUT2D eigenvalue weighted by Gasteiger charge is 2.16. The summed E-state index contributed by atoms with van der Waals surface area (Å²) in [7, 11) is 0. The summed E-state index contributed by atoms with van der Waals surface area (Å²) in [5, 5.41) is 6.14. The van der Waals surface area contributed by atoms with E-state index in [1.54, 1.807) is 12.5 Å². The van der Waals surface area contributed by atoms with Gasteiger partial charge in [-0.2, -0.15) is 0 Å². The number of hydrogen-bond acceptors (Lipinski definition) is 4. The number of carbonyl (C=O) groups is 1. The van der Waals surface area contributed by atoms with E-state index in [4.69, 9.17) is 9.15 Å². The van der Waals surface area contributed by atoms with Crippen molar-refractivity contribution >= 4 is 11.8 Å². The predicted octanol–water partition coefficient (Wildman–Crippen LogP) is 4.48. The average molecular weight is 316 g/mol. The van der Waals surface area contributed by atoms with Gasteiger partial charge in [-0.25, -0.2) is 4.79 Å². The zero-order valence-electron chi connectivity index (χ0n) is 14.1. The van der Waals surface area contributed by atoms with Crippen molar-refractivity contribution < 1.29 is 13.9 Å². The minimum Gasteiger partial charge on any atom is -0.472 e. The van der Waals surface area contributed by atoms with E-state index in [0.29, 0.717) is 5.69 Å². The lowest BCUT2D eigenvalue weighted by atomic mass is 10.1. The molecule has 1 heterocycles. The Morgan fingerprint density at radius 1 is 1.22 bits per heavy atom. The lowest BCUT2D eigenvalue weighted by molar-refractivity contribution is 0.0636. The summed E-state index contributed by atoms with van der Waals surface area (Å²) >= 11 is 0. The number of benzene rings is 1. The van der Waals surface area contributed by atoms with Crippen molar-refractivity contribution in [3.8, 4) is 0 Å². The van der Waals surface area contributed by atoms with E-state index in [-0.39, 0.29) is 6.04 Å². The normalized spacial score (nSPS) is 12.7. The quantitative estimate of drug-likeness (QED) is 0.854.